The second-order valence-electron chi connectivity index (χ2n) is 11.8. The molecule has 0 heterocycles. The van der Waals surface area contributed by atoms with E-state index >= 15 is 0 Å². The van der Waals surface area contributed by atoms with Crippen molar-refractivity contribution in [3.05, 3.63) is 24.3 Å². The first kappa shape index (κ1) is 29.1. The van der Waals surface area contributed by atoms with Crippen LogP contribution in [-0.2, 0) is 4.79 Å². The Morgan fingerprint density at radius 3 is 1.69 bits per heavy atom. The van der Waals surface area contributed by atoms with Crippen LogP contribution in [0.5, 0.6) is 11.5 Å². The fourth-order valence-corrected chi connectivity index (χ4v) is 6.40. The SMILES string of the molecule is CCCCCC[C@H]1CC[C@H](C(=O)Oc2ccc(OCCC[C@H]3CC[C@H](CCCCC)CC3)cc2)CC1. The molecule has 1 aromatic rings. The van der Waals surface area contributed by atoms with Crippen LogP contribution in [0.25, 0.3) is 0 Å². The highest BCUT2D eigenvalue weighted by Crippen LogP contribution is 2.35. The minimum absolute atomic E-state index is 0.0480. The van der Waals surface area contributed by atoms with E-state index in [1.807, 2.05) is 24.3 Å². The Kier molecular flexibility index (Phi) is 13.8. The summed E-state index contributed by atoms with van der Waals surface area (Å²) < 4.78 is 11.7. The molecule has 0 radical (unpaired) electrons. The first-order chi connectivity index (χ1) is 17.7. The molecule has 2 aliphatic carbocycles. The van der Waals surface area contributed by atoms with Gasteiger partial charge < -0.3 is 9.47 Å². The maximum atomic E-state index is 12.7. The van der Waals surface area contributed by atoms with Gasteiger partial charge in [0.05, 0.1) is 12.5 Å². The van der Waals surface area contributed by atoms with E-state index in [1.165, 1.54) is 103 Å². The van der Waals surface area contributed by atoms with E-state index in [9.17, 15) is 4.79 Å². The zero-order valence-electron chi connectivity index (χ0n) is 23.5. The lowest BCUT2D eigenvalue weighted by molar-refractivity contribution is -0.140. The Labute approximate surface area is 222 Å². The van der Waals surface area contributed by atoms with Gasteiger partial charge in [-0.15, -0.1) is 0 Å². The van der Waals surface area contributed by atoms with E-state index in [2.05, 4.69) is 13.8 Å². The van der Waals surface area contributed by atoms with E-state index in [-0.39, 0.29) is 11.9 Å². The normalized spacial score (nSPS) is 24.4. The minimum Gasteiger partial charge on any atom is -0.494 e. The molecule has 3 rings (SSSR count). The molecule has 204 valence electrons. The molecule has 2 fully saturated rings. The van der Waals surface area contributed by atoms with Gasteiger partial charge in [-0.3, -0.25) is 4.79 Å². The summed E-state index contributed by atoms with van der Waals surface area (Å²) in [6.07, 6.45) is 24.8. The van der Waals surface area contributed by atoms with Crippen molar-refractivity contribution in [1.82, 2.24) is 0 Å². The number of hydrogen-bond donors (Lipinski definition) is 0. The summed E-state index contributed by atoms with van der Waals surface area (Å²) in [5.41, 5.74) is 0. The number of carbonyl (C=O) groups excluding carboxylic acids is 1. The van der Waals surface area contributed by atoms with Gasteiger partial charge in [0.15, 0.2) is 0 Å². The first-order valence-electron chi connectivity index (χ1n) is 15.6. The summed E-state index contributed by atoms with van der Waals surface area (Å²) in [5.74, 6) is 4.24. The van der Waals surface area contributed by atoms with Crippen LogP contribution in [-0.4, -0.2) is 12.6 Å². The Hall–Kier alpha value is -1.51. The van der Waals surface area contributed by atoms with Crippen molar-refractivity contribution >= 4 is 5.97 Å². The molecule has 0 aromatic heterocycles. The van der Waals surface area contributed by atoms with Crippen LogP contribution in [0.15, 0.2) is 24.3 Å². The predicted octanol–water partition coefficient (Wildman–Crippen LogP) is 9.91. The topological polar surface area (TPSA) is 35.5 Å². The van der Waals surface area contributed by atoms with E-state index in [1.54, 1.807) is 0 Å². The molecule has 0 saturated heterocycles. The maximum Gasteiger partial charge on any atom is 0.314 e. The summed E-state index contributed by atoms with van der Waals surface area (Å²) in [6.45, 7) is 5.33. The van der Waals surface area contributed by atoms with Gasteiger partial charge in [0, 0.05) is 0 Å². The third-order valence-corrected chi connectivity index (χ3v) is 8.90. The molecule has 0 aliphatic heterocycles. The summed E-state index contributed by atoms with van der Waals surface area (Å²) in [7, 11) is 0. The average Bonchev–Trinajstić information content (AvgIpc) is 2.91. The molecule has 0 amide bonds. The molecule has 1 aromatic carbocycles. The number of carbonyl (C=O) groups is 1. The number of rotatable bonds is 16. The molecular formula is C33H54O3. The first-order valence-corrected chi connectivity index (χ1v) is 15.6. The zero-order chi connectivity index (χ0) is 25.4. The van der Waals surface area contributed by atoms with Crippen LogP contribution in [0.3, 0.4) is 0 Å². The average molecular weight is 499 g/mol. The monoisotopic (exact) mass is 498 g/mol. The Morgan fingerprint density at radius 1 is 0.639 bits per heavy atom. The Morgan fingerprint density at radius 2 is 1.11 bits per heavy atom. The zero-order valence-corrected chi connectivity index (χ0v) is 23.5. The summed E-state index contributed by atoms with van der Waals surface area (Å²) >= 11 is 0. The predicted molar refractivity (Wildman–Crippen MR) is 151 cm³/mol. The largest absolute Gasteiger partial charge is 0.494 e. The fraction of sp³-hybridized carbons (Fsp3) is 0.788. The highest BCUT2D eigenvalue weighted by atomic mass is 16.5. The lowest BCUT2D eigenvalue weighted by atomic mass is 9.78. The molecule has 0 N–H and O–H groups in total. The Bertz CT molecular complexity index is 696. The van der Waals surface area contributed by atoms with E-state index < -0.39 is 0 Å². The van der Waals surface area contributed by atoms with Crippen LogP contribution in [0.1, 0.15) is 136 Å². The number of hydrogen-bond acceptors (Lipinski definition) is 3. The van der Waals surface area contributed by atoms with Gasteiger partial charge in [0.2, 0.25) is 0 Å². The van der Waals surface area contributed by atoms with Gasteiger partial charge in [-0.25, -0.2) is 0 Å². The van der Waals surface area contributed by atoms with Crippen LogP contribution in [0, 0.1) is 23.7 Å². The molecule has 36 heavy (non-hydrogen) atoms. The molecule has 2 aliphatic rings. The van der Waals surface area contributed by atoms with E-state index in [0.717, 1.165) is 49.4 Å². The van der Waals surface area contributed by atoms with Crippen molar-refractivity contribution in [2.45, 2.75) is 136 Å². The highest BCUT2D eigenvalue weighted by Gasteiger charge is 2.27. The van der Waals surface area contributed by atoms with Crippen LogP contribution >= 0.6 is 0 Å². The minimum atomic E-state index is -0.0480. The summed E-state index contributed by atoms with van der Waals surface area (Å²) in [5, 5.41) is 0. The third kappa shape index (κ3) is 10.9. The van der Waals surface area contributed by atoms with Crippen LogP contribution in [0.2, 0.25) is 0 Å². The standard InChI is InChI=1S/C33H54O3/c1-3-5-7-9-12-28-18-20-30(21-19-28)33(34)36-32-24-22-31(23-25-32)35-26-10-13-29-16-14-27(15-17-29)11-8-6-4-2/h22-25,27-30H,3-21,26H2,1-2H3/t27-,28-,29-,30-. The van der Waals surface area contributed by atoms with Crippen LogP contribution < -0.4 is 9.47 Å². The number of esters is 1. The number of ether oxygens (including phenoxy) is 2. The molecule has 0 bridgehead atoms. The lowest BCUT2D eigenvalue weighted by Gasteiger charge is -2.28. The van der Waals surface area contributed by atoms with Gasteiger partial charge in [-0.05, 0) is 80.5 Å². The van der Waals surface area contributed by atoms with Gasteiger partial charge in [-0.2, -0.15) is 0 Å². The highest BCUT2D eigenvalue weighted by molar-refractivity contribution is 5.75. The molecule has 2 saturated carbocycles. The van der Waals surface area contributed by atoms with Crippen molar-refractivity contribution in [3.8, 4) is 11.5 Å². The van der Waals surface area contributed by atoms with Crippen molar-refractivity contribution in [2.75, 3.05) is 6.61 Å². The van der Waals surface area contributed by atoms with Crippen LogP contribution in [0.4, 0.5) is 0 Å². The molecule has 0 unspecified atom stereocenters. The quantitative estimate of drug-likeness (QED) is 0.129. The van der Waals surface area contributed by atoms with Crippen molar-refractivity contribution < 1.29 is 14.3 Å². The molecule has 3 heteroatoms. The van der Waals surface area contributed by atoms with Gasteiger partial charge in [-0.1, -0.05) is 97.3 Å². The third-order valence-electron chi connectivity index (χ3n) is 8.90. The summed E-state index contributed by atoms with van der Waals surface area (Å²) in [4.78, 5) is 12.7. The molecule has 0 spiro atoms. The van der Waals surface area contributed by atoms with Gasteiger partial charge >= 0.3 is 5.97 Å². The second kappa shape index (κ2) is 17.1. The van der Waals surface area contributed by atoms with Crippen molar-refractivity contribution in [1.29, 1.82) is 0 Å². The van der Waals surface area contributed by atoms with Gasteiger partial charge in [0.25, 0.3) is 0 Å². The number of benzene rings is 1. The molecular weight excluding hydrogens is 444 g/mol. The second-order valence-corrected chi connectivity index (χ2v) is 11.8. The van der Waals surface area contributed by atoms with Crippen molar-refractivity contribution in [2.24, 2.45) is 23.7 Å². The maximum absolute atomic E-state index is 12.7. The van der Waals surface area contributed by atoms with Gasteiger partial charge in [0.1, 0.15) is 11.5 Å². The van der Waals surface area contributed by atoms with E-state index in [0.29, 0.717) is 5.75 Å². The number of unbranched alkanes of at least 4 members (excludes halogenated alkanes) is 5. The molecule has 0 atom stereocenters. The Balaban J connectivity index is 1.25. The fourth-order valence-electron chi connectivity index (χ4n) is 6.40. The summed E-state index contributed by atoms with van der Waals surface area (Å²) in [6, 6.07) is 7.65. The lowest BCUT2D eigenvalue weighted by Crippen LogP contribution is -2.25. The van der Waals surface area contributed by atoms with E-state index in [4.69, 9.17) is 9.47 Å². The molecule has 3 nitrogen and oxygen atoms in total. The smallest absolute Gasteiger partial charge is 0.314 e. The van der Waals surface area contributed by atoms with Crippen molar-refractivity contribution in [3.63, 3.8) is 0 Å².